The standard InChI is InChI=1S/C25H26N2O6/c28-23(27-10-9-22(27)24(29)30)15-11-16(32-13-15)12-26-25(31)33-14-21-19-7-3-1-5-17(19)18-6-2-4-8-20(18)21/h1-8,15-16,21-22H,9-14H2,(H,26,31)(H,29,30). The van der Waals surface area contributed by atoms with E-state index in [9.17, 15) is 14.4 Å². The summed E-state index contributed by atoms with van der Waals surface area (Å²) >= 11 is 0. The second-order valence-corrected chi connectivity index (χ2v) is 8.77. The maximum Gasteiger partial charge on any atom is 0.407 e. The van der Waals surface area contributed by atoms with Gasteiger partial charge in [-0.15, -0.1) is 0 Å². The molecule has 0 saturated carbocycles. The van der Waals surface area contributed by atoms with Gasteiger partial charge in [0, 0.05) is 19.0 Å². The van der Waals surface area contributed by atoms with Crippen molar-refractivity contribution in [2.75, 3.05) is 26.3 Å². The number of nitrogens with one attached hydrogen (secondary N) is 1. The van der Waals surface area contributed by atoms with E-state index < -0.39 is 18.1 Å². The van der Waals surface area contributed by atoms with E-state index in [1.54, 1.807) is 0 Å². The molecule has 2 fully saturated rings. The molecule has 0 bridgehead atoms. The van der Waals surface area contributed by atoms with Crippen LogP contribution in [0.15, 0.2) is 48.5 Å². The molecule has 0 spiro atoms. The molecule has 3 atom stereocenters. The smallest absolute Gasteiger partial charge is 0.407 e. The van der Waals surface area contributed by atoms with Crippen LogP contribution in [0, 0.1) is 5.92 Å². The van der Waals surface area contributed by atoms with Crippen LogP contribution in [0.1, 0.15) is 29.9 Å². The van der Waals surface area contributed by atoms with Crippen molar-refractivity contribution in [3.05, 3.63) is 59.7 Å². The quantitative estimate of drug-likeness (QED) is 0.701. The van der Waals surface area contributed by atoms with Gasteiger partial charge in [0.1, 0.15) is 12.6 Å². The number of carbonyl (C=O) groups is 3. The fourth-order valence-corrected chi connectivity index (χ4v) is 5.01. The summed E-state index contributed by atoms with van der Waals surface area (Å²) in [6.45, 7) is 1.18. The second kappa shape index (κ2) is 8.86. The number of amides is 2. The third-order valence-electron chi connectivity index (χ3n) is 6.84. The number of hydrogen-bond donors (Lipinski definition) is 2. The summed E-state index contributed by atoms with van der Waals surface area (Å²) in [7, 11) is 0. The van der Waals surface area contributed by atoms with Crippen molar-refractivity contribution in [1.29, 1.82) is 0 Å². The van der Waals surface area contributed by atoms with Gasteiger partial charge in [-0.1, -0.05) is 48.5 Å². The highest BCUT2D eigenvalue weighted by Gasteiger charge is 2.42. The molecule has 172 valence electrons. The van der Waals surface area contributed by atoms with Crippen LogP contribution in [0.4, 0.5) is 4.79 Å². The fraction of sp³-hybridized carbons (Fsp3) is 0.400. The summed E-state index contributed by atoms with van der Waals surface area (Å²) in [5.74, 6) is -1.53. The largest absolute Gasteiger partial charge is 0.480 e. The maximum absolute atomic E-state index is 12.5. The first-order valence-electron chi connectivity index (χ1n) is 11.3. The monoisotopic (exact) mass is 450 g/mol. The Morgan fingerprint density at radius 1 is 1.06 bits per heavy atom. The average Bonchev–Trinajstić information content (AvgIpc) is 3.38. The van der Waals surface area contributed by atoms with E-state index in [4.69, 9.17) is 14.6 Å². The molecule has 2 amide bonds. The minimum absolute atomic E-state index is 0.00779. The first kappa shape index (κ1) is 21.5. The summed E-state index contributed by atoms with van der Waals surface area (Å²) in [6.07, 6.45) is 0.111. The van der Waals surface area contributed by atoms with Crippen LogP contribution in [0.3, 0.4) is 0 Å². The molecule has 8 heteroatoms. The Morgan fingerprint density at radius 2 is 1.73 bits per heavy atom. The molecule has 2 heterocycles. The van der Waals surface area contributed by atoms with Gasteiger partial charge in [-0.25, -0.2) is 9.59 Å². The maximum atomic E-state index is 12.5. The van der Waals surface area contributed by atoms with E-state index in [1.165, 1.54) is 16.0 Å². The van der Waals surface area contributed by atoms with Crippen LogP contribution in [0.5, 0.6) is 0 Å². The van der Waals surface area contributed by atoms with Crippen molar-refractivity contribution in [3.8, 4) is 11.1 Å². The zero-order valence-electron chi connectivity index (χ0n) is 18.1. The molecule has 5 rings (SSSR count). The molecule has 3 unspecified atom stereocenters. The van der Waals surface area contributed by atoms with E-state index in [0.717, 1.165) is 11.1 Å². The van der Waals surface area contributed by atoms with Gasteiger partial charge in [-0.3, -0.25) is 4.79 Å². The number of alkyl carbamates (subject to hydrolysis) is 1. The van der Waals surface area contributed by atoms with Gasteiger partial charge in [-0.05, 0) is 35.1 Å². The molecule has 0 aromatic heterocycles. The van der Waals surface area contributed by atoms with Crippen LogP contribution < -0.4 is 5.32 Å². The first-order valence-corrected chi connectivity index (χ1v) is 11.3. The molecular weight excluding hydrogens is 424 g/mol. The number of rotatable bonds is 6. The van der Waals surface area contributed by atoms with Gasteiger partial charge < -0.3 is 24.8 Å². The Hall–Kier alpha value is -3.39. The third-order valence-corrected chi connectivity index (χ3v) is 6.84. The van der Waals surface area contributed by atoms with E-state index in [-0.39, 0.29) is 43.6 Å². The van der Waals surface area contributed by atoms with Crippen LogP contribution in [0.25, 0.3) is 11.1 Å². The van der Waals surface area contributed by atoms with Crippen molar-refractivity contribution >= 4 is 18.0 Å². The number of likely N-dealkylation sites (tertiary alicyclic amines) is 1. The lowest BCUT2D eigenvalue weighted by Crippen LogP contribution is -2.56. The lowest BCUT2D eigenvalue weighted by atomic mass is 9.97. The summed E-state index contributed by atoms with van der Waals surface area (Å²) in [6, 6.07) is 15.6. The van der Waals surface area contributed by atoms with E-state index in [1.807, 2.05) is 24.3 Å². The highest BCUT2D eigenvalue weighted by molar-refractivity contribution is 5.87. The molecule has 2 aromatic carbocycles. The number of benzene rings is 2. The number of carboxylic acids is 1. The van der Waals surface area contributed by atoms with Gasteiger partial charge >= 0.3 is 12.1 Å². The SMILES string of the molecule is O=C(NCC1CC(C(=O)N2CCC2C(=O)O)CO1)OCC1c2ccccc2-c2ccccc21. The molecule has 3 aliphatic rings. The zero-order valence-corrected chi connectivity index (χ0v) is 18.1. The lowest BCUT2D eigenvalue weighted by molar-refractivity contribution is -0.159. The van der Waals surface area contributed by atoms with E-state index in [2.05, 4.69) is 29.6 Å². The molecular formula is C25H26N2O6. The molecule has 8 nitrogen and oxygen atoms in total. The number of nitrogens with zero attached hydrogens (tertiary/aromatic N) is 1. The van der Waals surface area contributed by atoms with E-state index >= 15 is 0 Å². The summed E-state index contributed by atoms with van der Waals surface area (Å²) in [4.78, 5) is 37.5. The number of aliphatic carboxylic acids is 1. The first-order chi connectivity index (χ1) is 16.0. The Balaban J connectivity index is 1.11. The van der Waals surface area contributed by atoms with Crippen LogP contribution in [0.2, 0.25) is 0 Å². The average molecular weight is 450 g/mol. The Bertz CT molecular complexity index is 1040. The van der Waals surface area contributed by atoms with Gasteiger partial charge in [0.25, 0.3) is 0 Å². The van der Waals surface area contributed by atoms with Crippen molar-refractivity contribution in [2.45, 2.75) is 30.9 Å². The van der Waals surface area contributed by atoms with Crippen molar-refractivity contribution in [1.82, 2.24) is 10.2 Å². The fourth-order valence-electron chi connectivity index (χ4n) is 5.01. The molecule has 33 heavy (non-hydrogen) atoms. The lowest BCUT2D eigenvalue weighted by Gasteiger charge is -2.39. The highest BCUT2D eigenvalue weighted by Crippen LogP contribution is 2.44. The summed E-state index contributed by atoms with van der Waals surface area (Å²) in [5, 5.41) is 11.9. The molecule has 2 N–H and O–H groups in total. The van der Waals surface area contributed by atoms with Crippen molar-refractivity contribution in [2.24, 2.45) is 5.92 Å². The summed E-state index contributed by atoms with van der Waals surface area (Å²) in [5.41, 5.74) is 4.64. The number of ether oxygens (including phenoxy) is 2. The van der Waals surface area contributed by atoms with Crippen LogP contribution >= 0.6 is 0 Å². The molecule has 0 radical (unpaired) electrons. The normalized spacial score (nSPS) is 23.4. The predicted molar refractivity (Wildman–Crippen MR) is 119 cm³/mol. The third kappa shape index (κ3) is 4.06. The molecule has 2 saturated heterocycles. The summed E-state index contributed by atoms with van der Waals surface area (Å²) < 4.78 is 11.2. The van der Waals surface area contributed by atoms with Crippen LogP contribution in [-0.2, 0) is 19.1 Å². The number of carboxylic acid groups (broad SMARTS) is 1. The Labute approximate surface area is 191 Å². The minimum Gasteiger partial charge on any atom is -0.480 e. The van der Waals surface area contributed by atoms with Crippen LogP contribution in [-0.4, -0.2) is 66.4 Å². The zero-order chi connectivity index (χ0) is 22.9. The number of hydrogen-bond acceptors (Lipinski definition) is 5. The molecule has 2 aromatic rings. The number of carbonyl (C=O) groups excluding carboxylic acids is 2. The topological polar surface area (TPSA) is 105 Å². The second-order valence-electron chi connectivity index (χ2n) is 8.77. The Morgan fingerprint density at radius 3 is 2.33 bits per heavy atom. The van der Waals surface area contributed by atoms with Crippen molar-refractivity contribution < 1.29 is 29.0 Å². The highest BCUT2D eigenvalue weighted by atomic mass is 16.5. The van der Waals surface area contributed by atoms with Gasteiger partial charge in [-0.2, -0.15) is 0 Å². The van der Waals surface area contributed by atoms with Gasteiger partial charge in [0.05, 0.1) is 18.6 Å². The number of fused-ring (bicyclic) bond motifs is 3. The van der Waals surface area contributed by atoms with Gasteiger partial charge in [0.2, 0.25) is 5.91 Å². The Kier molecular flexibility index (Phi) is 5.76. The molecule has 2 aliphatic heterocycles. The van der Waals surface area contributed by atoms with Gasteiger partial charge in [0.15, 0.2) is 0 Å². The predicted octanol–water partition coefficient (Wildman–Crippen LogP) is 2.62. The molecule has 1 aliphatic carbocycles. The minimum atomic E-state index is -0.970. The van der Waals surface area contributed by atoms with E-state index in [0.29, 0.717) is 19.4 Å². The van der Waals surface area contributed by atoms with Crippen molar-refractivity contribution in [3.63, 3.8) is 0 Å².